The first-order valence-corrected chi connectivity index (χ1v) is 10.9. The molecular formula is C24H25F3N4O5. The van der Waals surface area contributed by atoms with Crippen LogP contribution in [0.5, 0.6) is 0 Å². The van der Waals surface area contributed by atoms with Gasteiger partial charge in [-0.1, -0.05) is 12.1 Å². The summed E-state index contributed by atoms with van der Waals surface area (Å²) in [5, 5.41) is 25.1. The summed E-state index contributed by atoms with van der Waals surface area (Å²) < 4.78 is 45.8. The van der Waals surface area contributed by atoms with Crippen LogP contribution in [0.2, 0.25) is 0 Å². The van der Waals surface area contributed by atoms with Gasteiger partial charge in [0, 0.05) is 30.7 Å². The SMILES string of the molecule is CN(C(=O)NCc1cccc(F)c1F)[C@H](COC(=O)Nc1cc2cc(F)ccc2cn1)C[C@H](O)CO. The number of benzene rings is 2. The zero-order chi connectivity index (χ0) is 26.2. The highest BCUT2D eigenvalue weighted by molar-refractivity contribution is 5.89. The summed E-state index contributed by atoms with van der Waals surface area (Å²) in [4.78, 5) is 30.0. The highest BCUT2D eigenvalue weighted by Crippen LogP contribution is 2.18. The number of carbonyl (C=O) groups excluding carboxylic acids is 2. The van der Waals surface area contributed by atoms with E-state index >= 15 is 0 Å². The molecule has 0 aliphatic heterocycles. The molecule has 0 saturated heterocycles. The van der Waals surface area contributed by atoms with Gasteiger partial charge in [-0.3, -0.25) is 5.32 Å². The Labute approximate surface area is 204 Å². The van der Waals surface area contributed by atoms with Crippen molar-refractivity contribution in [3.8, 4) is 0 Å². The van der Waals surface area contributed by atoms with Crippen LogP contribution in [0, 0.1) is 17.5 Å². The zero-order valence-corrected chi connectivity index (χ0v) is 19.2. The largest absolute Gasteiger partial charge is 0.447 e. The summed E-state index contributed by atoms with van der Waals surface area (Å²) >= 11 is 0. The highest BCUT2D eigenvalue weighted by atomic mass is 19.2. The Balaban J connectivity index is 1.60. The van der Waals surface area contributed by atoms with E-state index in [4.69, 9.17) is 4.74 Å². The number of carbonyl (C=O) groups is 2. The molecule has 0 spiro atoms. The maximum absolute atomic E-state index is 13.8. The van der Waals surface area contributed by atoms with Gasteiger partial charge in [0.05, 0.1) is 18.8 Å². The molecule has 2 atom stereocenters. The van der Waals surface area contributed by atoms with Crippen molar-refractivity contribution < 1.29 is 37.7 Å². The summed E-state index contributed by atoms with van der Waals surface area (Å²) in [5.74, 6) is -2.48. The number of aliphatic hydroxyl groups excluding tert-OH is 2. The van der Waals surface area contributed by atoms with Gasteiger partial charge in [-0.2, -0.15) is 0 Å². The first kappa shape index (κ1) is 26.7. The van der Waals surface area contributed by atoms with E-state index in [0.717, 1.165) is 11.0 Å². The lowest BCUT2D eigenvalue weighted by molar-refractivity contribution is 0.0480. The van der Waals surface area contributed by atoms with E-state index in [1.165, 1.54) is 43.6 Å². The second-order valence-corrected chi connectivity index (χ2v) is 7.99. The number of nitrogens with one attached hydrogen (secondary N) is 2. The number of urea groups is 1. The minimum absolute atomic E-state index is 0.0675. The number of halogens is 3. The standard InChI is InChI=1S/C24H25F3N4O5/c1-31(23(34)29-11-15-3-2-4-20(26)22(15)27)18(9-19(33)12-32)13-36-24(35)30-21-8-16-7-17(25)6-5-14(16)10-28-21/h2-8,10,18-19,32-33H,9,11-13H2,1H3,(H,29,34)(H,28,30,35)/t18-,19-/m0/s1. The van der Waals surface area contributed by atoms with Gasteiger partial charge in [-0.05, 0) is 42.1 Å². The van der Waals surface area contributed by atoms with Crippen LogP contribution >= 0.6 is 0 Å². The number of fused-ring (bicyclic) bond motifs is 1. The van der Waals surface area contributed by atoms with Crippen molar-refractivity contribution in [2.24, 2.45) is 0 Å². The van der Waals surface area contributed by atoms with Crippen molar-refractivity contribution in [1.29, 1.82) is 0 Å². The number of anilines is 1. The predicted octanol–water partition coefficient (Wildman–Crippen LogP) is 3.15. The molecule has 0 aliphatic carbocycles. The average molecular weight is 506 g/mol. The Morgan fingerprint density at radius 1 is 1.14 bits per heavy atom. The van der Waals surface area contributed by atoms with Gasteiger partial charge >= 0.3 is 12.1 Å². The van der Waals surface area contributed by atoms with Crippen molar-refractivity contribution in [3.05, 3.63) is 71.7 Å². The predicted molar refractivity (Wildman–Crippen MR) is 125 cm³/mol. The number of hydrogen-bond acceptors (Lipinski definition) is 6. The van der Waals surface area contributed by atoms with E-state index in [-0.39, 0.29) is 31.0 Å². The Morgan fingerprint density at radius 3 is 2.67 bits per heavy atom. The van der Waals surface area contributed by atoms with Gasteiger partial charge in [-0.25, -0.2) is 27.7 Å². The van der Waals surface area contributed by atoms with E-state index < -0.39 is 48.3 Å². The van der Waals surface area contributed by atoms with E-state index in [9.17, 15) is 33.0 Å². The molecular weight excluding hydrogens is 481 g/mol. The molecule has 3 amide bonds. The smallest absolute Gasteiger partial charge is 0.412 e. The fourth-order valence-electron chi connectivity index (χ4n) is 3.37. The molecule has 2 aromatic carbocycles. The molecule has 0 saturated carbocycles. The molecule has 0 unspecified atom stereocenters. The first-order chi connectivity index (χ1) is 17.2. The second kappa shape index (κ2) is 12.2. The van der Waals surface area contributed by atoms with E-state index in [1.807, 2.05) is 0 Å². The quantitative estimate of drug-likeness (QED) is 0.354. The molecule has 3 rings (SSSR count). The maximum atomic E-state index is 13.8. The first-order valence-electron chi connectivity index (χ1n) is 10.9. The number of hydrogen-bond donors (Lipinski definition) is 4. The number of pyridine rings is 1. The molecule has 0 aliphatic rings. The zero-order valence-electron chi connectivity index (χ0n) is 19.2. The van der Waals surface area contributed by atoms with Crippen LogP contribution < -0.4 is 10.6 Å². The topological polar surface area (TPSA) is 124 Å². The molecule has 36 heavy (non-hydrogen) atoms. The minimum Gasteiger partial charge on any atom is -0.447 e. The number of likely N-dealkylation sites (N-methyl/N-ethyl adjacent to an activating group) is 1. The third-order valence-electron chi connectivity index (χ3n) is 5.41. The summed E-state index contributed by atoms with van der Waals surface area (Å²) in [7, 11) is 1.35. The molecule has 9 nitrogen and oxygen atoms in total. The minimum atomic E-state index is -1.21. The molecule has 1 heterocycles. The number of aliphatic hydroxyl groups is 2. The van der Waals surface area contributed by atoms with Gasteiger partial charge in [0.2, 0.25) is 0 Å². The van der Waals surface area contributed by atoms with Crippen molar-refractivity contribution in [1.82, 2.24) is 15.2 Å². The average Bonchev–Trinajstić information content (AvgIpc) is 2.86. The molecule has 0 radical (unpaired) electrons. The molecule has 3 aromatic rings. The van der Waals surface area contributed by atoms with Crippen molar-refractivity contribution in [3.63, 3.8) is 0 Å². The van der Waals surface area contributed by atoms with Gasteiger partial charge in [0.25, 0.3) is 0 Å². The van der Waals surface area contributed by atoms with Gasteiger partial charge in [0.15, 0.2) is 11.6 Å². The van der Waals surface area contributed by atoms with Gasteiger partial charge < -0.3 is 25.2 Å². The van der Waals surface area contributed by atoms with E-state index in [0.29, 0.717) is 10.8 Å². The van der Waals surface area contributed by atoms with Crippen molar-refractivity contribution >= 4 is 28.7 Å². The Kier molecular flexibility index (Phi) is 9.03. The van der Waals surface area contributed by atoms with E-state index in [2.05, 4.69) is 15.6 Å². The summed E-state index contributed by atoms with van der Waals surface area (Å²) in [6.45, 7) is -1.27. The fraction of sp³-hybridized carbons (Fsp3) is 0.292. The number of nitrogens with zero attached hydrogens (tertiary/aromatic N) is 2. The van der Waals surface area contributed by atoms with Gasteiger partial charge in [-0.15, -0.1) is 0 Å². The number of amides is 3. The van der Waals surface area contributed by atoms with Crippen LogP contribution in [0.15, 0.2) is 48.7 Å². The molecule has 0 fully saturated rings. The lowest BCUT2D eigenvalue weighted by Gasteiger charge is -2.29. The van der Waals surface area contributed by atoms with Crippen LogP contribution in [-0.2, 0) is 11.3 Å². The normalized spacial score (nSPS) is 12.6. The van der Waals surface area contributed by atoms with Crippen LogP contribution in [0.4, 0.5) is 28.6 Å². The Morgan fingerprint density at radius 2 is 1.92 bits per heavy atom. The van der Waals surface area contributed by atoms with Crippen molar-refractivity contribution in [2.45, 2.75) is 25.1 Å². The number of aromatic nitrogens is 1. The fourth-order valence-corrected chi connectivity index (χ4v) is 3.37. The molecule has 1 aromatic heterocycles. The maximum Gasteiger partial charge on any atom is 0.412 e. The van der Waals surface area contributed by atoms with Crippen LogP contribution in [-0.4, -0.2) is 64.6 Å². The third kappa shape index (κ3) is 7.06. The van der Waals surface area contributed by atoms with E-state index in [1.54, 1.807) is 6.07 Å². The lowest BCUT2D eigenvalue weighted by atomic mass is 10.1. The van der Waals surface area contributed by atoms with Crippen LogP contribution in [0.1, 0.15) is 12.0 Å². The van der Waals surface area contributed by atoms with Crippen LogP contribution in [0.25, 0.3) is 10.8 Å². The summed E-state index contributed by atoms with van der Waals surface area (Å²) in [6, 6.07) is 7.54. The number of ether oxygens (including phenoxy) is 1. The van der Waals surface area contributed by atoms with Crippen molar-refractivity contribution in [2.75, 3.05) is 25.6 Å². The summed E-state index contributed by atoms with van der Waals surface area (Å²) in [5.41, 5.74) is -0.0675. The molecule has 4 N–H and O–H groups in total. The van der Waals surface area contributed by atoms with Crippen LogP contribution in [0.3, 0.4) is 0 Å². The molecule has 192 valence electrons. The third-order valence-corrected chi connectivity index (χ3v) is 5.41. The second-order valence-electron chi connectivity index (χ2n) is 7.99. The lowest BCUT2D eigenvalue weighted by Crippen LogP contribution is -2.47. The number of rotatable bonds is 9. The van der Waals surface area contributed by atoms with Gasteiger partial charge in [0.1, 0.15) is 18.2 Å². The highest BCUT2D eigenvalue weighted by Gasteiger charge is 2.25. The Hall–Kier alpha value is -3.90. The molecule has 0 bridgehead atoms. The monoisotopic (exact) mass is 506 g/mol. The Bertz CT molecular complexity index is 1230. The molecule has 12 heteroatoms. The summed E-state index contributed by atoms with van der Waals surface area (Å²) in [6.07, 6.45) is -0.827.